The van der Waals surface area contributed by atoms with E-state index in [-0.39, 0.29) is 0 Å². The summed E-state index contributed by atoms with van der Waals surface area (Å²) in [5.41, 5.74) is 0.268. The molecular formula is C11H12F2OS. The average molecular weight is 230 g/mol. The molecule has 0 saturated carbocycles. The molecule has 1 nitrogen and oxygen atoms in total. The van der Waals surface area contributed by atoms with Gasteiger partial charge in [-0.1, -0.05) is 23.9 Å². The van der Waals surface area contributed by atoms with Gasteiger partial charge >= 0.3 is 0 Å². The van der Waals surface area contributed by atoms with Gasteiger partial charge in [0, 0.05) is 10.3 Å². The molecule has 0 atom stereocenters. The van der Waals surface area contributed by atoms with E-state index in [2.05, 4.69) is 0 Å². The molecule has 1 aromatic rings. The Bertz CT molecular complexity index is 333. The van der Waals surface area contributed by atoms with Crippen molar-refractivity contribution in [2.24, 2.45) is 0 Å². The van der Waals surface area contributed by atoms with Crippen molar-refractivity contribution >= 4 is 18.0 Å². The molecule has 82 valence electrons. The van der Waals surface area contributed by atoms with Gasteiger partial charge < -0.3 is 4.79 Å². The average Bonchev–Trinajstić information content (AvgIpc) is 2.18. The molecule has 0 aromatic heterocycles. The number of rotatable bonds is 4. The van der Waals surface area contributed by atoms with Crippen molar-refractivity contribution in [3.05, 3.63) is 29.8 Å². The fourth-order valence-corrected chi connectivity index (χ4v) is 1.63. The Morgan fingerprint density at radius 2 is 1.80 bits per heavy atom. The van der Waals surface area contributed by atoms with Crippen molar-refractivity contribution in [3.63, 3.8) is 0 Å². The van der Waals surface area contributed by atoms with Crippen LogP contribution in [0.5, 0.6) is 0 Å². The zero-order valence-corrected chi connectivity index (χ0v) is 9.35. The van der Waals surface area contributed by atoms with Crippen molar-refractivity contribution in [2.45, 2.75) is 29.9 Å². The zero-order valence-electron chi connectivity index (χ0n) is 8.54. The highest BCUT2D eigenvalue weighted by Crippen LogP contribution is 2.28. The molecule has 0 bridgehead atoms. The molecule has 4 heteroatoms. The Morgan fingerprint density at radius 1 is 1.27 bits per heavy atom. The number of carbonyl (C=O) groups excluding carboxylic acids is 1. The summed E-state index contributed by atoms with van der Waals surface area (Å²) in [6, 6.07) is 6.63. The van der Waals surface area contributed by atoms with Crippen LogP contribution in [0.4, 0.5) is 8.78 Å². The van der Waals surface area contributed by atoms with Gasteiger partial charge in [-0.25, -0.2) is 0 Å². The van der Waals surface area contributed by atoms with Crippen molar-refractivity contribution in [1.82, 2.24) is 0 Å². The lowest BCUT2D eigenvalue weighted by molar-refractivity contribution is -0.111. The summed E-state index contributed by atoms with van der Waals surface area (Å²) in [5, 5.41) is 0. The van der Waals surface area contributed by atoms with E-state index in [0.29, 0.717) is 16.7 Å². The van der Waals surface area contributed by atoms with E-state index in [0.717, 1.165) is 11.8 Å². The third-order valence-electron chi connectivity index (χ3n) is 2.12. The number of carbonyl (C=O) groups is 1. The normalized spacial score (nSPS) is 11.8. The number of hydrogen-bond donors (Lipinski definition) is 0. The summed E-state index contributed by atoms with van der Waals surface area (Å²) in [6.45, 7) is 3.57. The largest absolute Gasteiger partial charge is 0.302 e. The fourth-order valence-electron chi connectivity index (χ4n) is 1.13. The zero-order chi connectivity index (χ0) is 11.5. The quantitative estimate of drug-likeness (QED) is 0.582. The lowest BCUT2D eigenvalue weighted by atomic mass is 9.87. The van der Waals surface area contributed by atoms with E-state index < -0.39 is 11.2 Å². The molecule has 0 unspecified atom stereocenters. The third-order valence-corrected chi connectivity index (χ3v) is 2.84. The minimum Gasteiger partial charge on any atom is -0.302 e. The number of hydrogen-bond acceptors (Lipinski definition) is 2. The van der Waals surface area contributed by atoms with Crippen molar-refractivity contribution in [2.75, 3.05) is 0 Å². The predicted molar refractivity (Wildman–Crippen MR) is 57.4 cm³/mol. The van der Waals surface area contributed by atoms with Crippen LogP contribution in [-0.2, 0) is 10.2 Å². The van der Waals surface area contributed by atoms with Crippen LogP contribution >= 0.6 is 11.8 Å². The molecule has 0 N–H and O–H groups in total. The summed E-state index contributed by atoms with van der Waals surface area (Å²) >= 11 is 0.504. The van der Waals surface area contributed by atoms with Gasteiger partial charge in [0.15, 0.2) is 0 Å². The van der Waals surface area contributed by atoms with Crippen LogP contribution in [0.15, 0.2) is 29.2 Å². The summed E-state index contributed by atoms with van der Waals surface area (Å²) < 4.78 is 24.1. The van der Waals surface area contributed by atoms with Gasteiger partial charge in [-0.05, 0) is 31.5 Å². The smallest absolute Gasteiger partial charge is 0.288 e. The monoisotopic (exact) mass is 230 g/mol. The molecule has 15 heavy (non-hydrogen) atoms. The number of benzene rings is 1. The molecule has 0 radical (unpaired) electrons. The maximum absolute atomic E-state index is 12.0. The minimum atomic E-state index is -2.41. The van der Waals surface area contributed by atoms with E-state index in [4.69, 9.17) is 0 Å². The van der Waals surface area contributed by atoms with E-state index in [1.165, 1.54) is 0 Å². The molecule has 0 amide bonds. The van der Waals surface area contributed by atoms with Crippen molar-refractivity contribution in [1.29, 1.82) is 0 Å². The van der Waals surface area contributed by atoms with Crippen LogP contribution in [0.1, 0.15) is 19.4 Å². The first-order valence-corrected chi connectivity index (χ1v) is 5.35. The van der Waals surface area contributed by atoms with Crippen molar-refractivity contribution < 1.29 is 13.6 Å². The molecule has 0 aliphatic rings. The predicted octanol–water partition coefficient (Wildman–Crippen LogP) is 3.48. The van der Waals surface area contributed by atoms with Crippen molar-refractivity contribution in [3.8, 4) is 0 Å². The lowest BCUT2D eigenvalue weighted by Crippen LogP contribution is -2.18. The number of aldehydes is 1. The molecular weight excluding hydrogens is 218 g/mol. The fraction of sp³-hybridized carbons (Fsp3) is 0.364. The molecule has 0 aliphatic carbocycles. The van der Waals surface area contributed by atoms with Crippen LogP contribution in [0.25, 0.3) is 0 Å². The first-order valence-electron chi connectivity index (χ1n) is 4.47. The van der Waals surface area contributed by atoms with Gasteiger partial charge in [-0.3, -0.25) is 0 Å². The molecule has 0 aliphatic heterocycles. The number of thioether (sulfide) groups is 1. The highest BCUT2D eigenvalue weighted by molar-refractivity contribution is 7.99. The Morgan fingerprint density at radius 3 is 2.20 bits per heavy atom. The second-order valence-corrected chi connectivity index (χ2v) is 4.81. The standard InChI is InChI=1S/C11H12F2OS/c1-11(2,7-14)8-3-5-9(6-4-8)15-10(12)13/h3-7,10H,1-2H3. The summed E-state index contributed by atoms with van der Waals surface area (Å²) in [5.74, 6) is -2.41. The Kier molecular flexibility index (Phi) is 3.85. The second-order valence-electron chi connectivity index (χ2n) is 3.74. The maximum Gasteiger partial charge on any atom is 0.288 e. The Balaban J connectivity index is 2.85. The highest BCUT2D eigenvalue weighted by Gasteiger charge is 2.19. The van der Waals surface area contributed by atoms with E-state index in [1.807, 2.05) is 0 Å². The lowest BCUT2D eigenvalue weighted by Gasteiger charge is -2.17. The molecule has 0 saturated heterocycles. The molecule has 0 spiro atoms. The minimum absolute atomic E-state index is 0.504. The molecule has 1 rings (SSSR count). The van der Waals surface area contributed by atoms with Crippen LogP contribution in [-0.4, -0.2) is 12.0 Å². The molecule has 1 aromatic carbocycles. The Hall–Kier alpha value is -0.900. The van der Waals surface area contributed by atoms with E-state index in [1.54, 1.807) is 38.1 Å². The van der Waals surface area contributed by atoms with Gasteiger partial charge in [0.2, 0.25) is 0 Å². The van der Waals surface area contributed by atoms with Crippen LogP contribution in [0.2, 0.25) is 0 Å². The second kappa shape index (κ2) is 4.75. The number of halogens is 2. The SMILES string of the molecule is CC(C)(C=O)c1ccc(SC(F)F)cc1. The maximum atomic E-state index is 12.0. The van der Waals surface area contributed by atoms with Crippen LogP contribution in [0, 0.1) is 0 Å². The Labute approximate surface area is 91.9 Å². The molecule has 0 heterocycles. The van der Waals surface area contributed by atoms with Gasteiger partial charge in [0.25, 0.3) is 5.76 Å². The van der Waals surface area contributed by atoms with E-state index >= 15 is 0 Å². The van der Waals surface area contributed by atoms with Gasteiger partial charge in [0.1, 0.15) is 6.29 Å². The van der Waals surface area contributed by atoms with Gasteiger partial charge in [-0.2, -0.15) is 8.78 Å². The third kappa shape index (κ3) is 3.30. The topological polar surface area (TPSA) is 17.1 Å². The summed E-state index contributed by atoms with van der Waals surface area (Å²) in [6.07, 6.45) is 0.849. The molecule has 0 fully saturated rings. The van der Waals surface area contributed by atoms with Gasteiger partial charge in [0.05, 0.1) is 0 Å². The number of alkyl halides is 2. The highest BCUT2D eigenvalue weighted by atomic mass is 32.2. The van der Waals surface area contributed by atoms with Gasteiger partial charge in [-0.15, -0.1) is 0 Å². The van der Waals surface area contributed by atoms with Crippen LogP contribution in [0.3, 0.4) is 0 Å². The first kappa shape index (κ1) is 12.2. The van der Waals surface area contributed by atoms with E-state index in [9.17, 15) is 13.6 Å². The summed E-state index contributed by atoms with van der Waals surface area (Å²) in [7, 11) is 0. The summed E-state index contributed by atoms with van der Waals surface area (Å²) in [4.78, 5) is 11.3. The first-order chi connectivity index (χ1) is 6.95. The van der Waals surface area contributed by atoms with Crippen LogP contribution < -0.4 is 0 Å².